The standard InChI is InChI=1S/C59H39N3O/c1-58(38-18-3-2-4-19-38)61-56(48-26-7-5-20-39(48)37-34-35-45-44-25-12-16-33-53(44)63-54(45)36-37)60-57(62-58)49-27-8-6-21-40(49)46-28-17-29-47-43-24-11-15-32-52(43)59(55(46)47)50-30-13-9-22-41(50)42-23-10-14-31-51(42)59/h2-36H,1H3,(H,60,61,62). The molecule has 0 radical (unpaired) electrons. The fourth-order valence-electron chi connectivity index (χ4n) is 10.9. The summed E-state index contributed by atoms with van der Waals surface area (Å²) in [6.07, 6.45) is 0. The van der Waals surface area contributed by atoms with E-state index in [4.69, 9.17) is 14.4 Å². The molecule has 2 heterocycles. The maximum absolute atomic E-state index is 6.38. The average molecular weight is 806 g/mol. The van der Waals surface area contributed by atoms with E-state index in [1.807, 2.05) is 12.1 Å². The number of hydrogen-bond acceptors (Lipinski definition) is 4. The molecule has 63 heavy (non-hydrogen) atoms. The number of amidine groups is 2. The first-order chi connectivity index (χ1) is 31.1. The van der Waals surface area contributed by atoms with Crippen molar-refractivity contribution in [3.8, 4) is 44.5 Å². The number of benzene rings is 9. The van der Waals surface area contributed by atoms with Gasteiger partial charge in [0, 0.05) is 21.9 Å². The van der Waals surface area contributed by atoms with Crippen LogP contribution < -0.4 is 5.32 Å². The topological polar surface area (TPSA) is 49.9 Å². The van der Waals surface area contributed by atoms with Crippen LogP contribution in [0.15, 0.2) is 227 Å². The third kappa shape index (κ3) is 5.09. The van der Waals surface area contributed by atoms with E-state index < -0.39 is 11.1 Å². The Balaban J connectivity index is 1.03. The lowest BCUT2D eigenvalue weighted by Gasteiger charge is -2.35. The van der Waals surface area contributed by atoms with Crippen LogP contribution in [0.3, 0.4) is 0 Å². The van der Waals surface area contributed by atoms with Crippen LogP contribution in [0.4, 0.5) is 0 Å². The SMILES string of the molecule is CC1(c2ccccc2)N=C(c2ccccc2-c2ccc3c(c2)oc2ccccc23)N=C(c2ccccc2-c2cccc3c2C2(c4ccccc4-c4ccccc42)c2ccccc2-3)N1. The second-order valence-electron chi connectivity index (χ2n) is 17.0. The Morgan fingerprint density at radius 3 is 1.62 bits per heavy atom. The number of para-hydroxylation sites is 1. The lowest BCUT2D eigenvalue weighted by atomic mass is 9.68. The molecule has 0 amide bonds. The minimum atomic E-state index is -0.837. The van der Waals surface area contributed by atoms with Crippen molar-refractivity contribution in [1.29, 1.82) is 0 Å². The summed E-state index contributed by atoms with van der Waals surface area (Å²) in [5.41, 5.74) is 18.1. The molecule has 10 aromatic rings. The van der Waals surface area contributed by atoms with E-state index in [0.29, 0.717) is 5.84 Å². The normalized spacial score (nSPS) is 16.5. The first-order valence-electron chi connectivity index (χ1n) is 21.7. The molecule has 1 spiro atoms. The Labute approximate surface area is 365 Å². The van der Waals surface area contributed by atoms with Crippen molar-refractivity contribution in [2.75, 3.05) is 0 Å². The van der Waals surface area contributed by atoms with Gasteiger partial charge in [-0.2, -0.15) is 0 Å². The minimum Gasteiger partial charge on any atom is -0.456 e. The van der Waals surface area contributed by atoms with Gasteiger partial charge in [0.25, 0.3) is 0 Å². The molecule has 0 saturated carbocycles. The average Bonchev–Trinajstić information content (AvgIpc) is 3.98. The Morgan fingerprint density at radius 1 is 0.413 bits per heavy atom. The van der Waals surface area contributed by atoms with E-state index in [-0.39, 0.29) is 0 Å². The first-order valence-corrected chi connectivity index (χ1v) is 21.7. The van der Waals surface area contributed by atoms with Crippen LogP contribution in [0.5, 0.6) is 0 Å². The highest BCUT2D eigenvalue weighted by Crippen LogP contribution is 2.64. The zero-order chi connectivity index (χ0) is 41.7. The molecule has 4 heteroatoms. The molecule has 1 aliphatic heterocycles. The van der Waals surface area contributed by atoms with Crippen molar-refractivity contribution in [3.63, 3.8) is 0 Å². The number of furan rings is 1. The maximum Gasteiger partial charge on any atom is 0.160 e. The zero-order valence-corrected chi connectivity index (χ0v) is 34.5. The highest BCUT2D eigenvalue weighted by molar-refractivity contribution is 6.18. The van der Waals surface area contributed by atoms with E-state index in [2.05, 4.69) is 212 Å². The second-order valence-corrected chi connectivity index (χ2v) is 17.0. The molecule has 13 rings (SSSR count). The molecule has 0 saturated heterocycles. The first kappa shape index (κ1) is 35.7. The maximum atomic E-state index is 6.38. The van der Waals surface area contributed by atoms with E-state index in [0.717, 1.165) is 61.2 Å². The number of nitrogens with one attached hydrogen (secondary N) is 1. The summed E-state index contributed by atoms with van der Waals surface area (Å²) in [5, 5.41) is 6.11. The Morgan fingerprint density at radius 2 is 0.921 bits per heavy atom. The van der Waals surface area contributed by atoms with Crippen molar-refractivity contribution in [1.82, 2.24) is 5.32 Å². The van der Waals surface area contributed by atoms with Crippen LogP contribution in [0, 0.1) is 0 Å². The largest absolute Gasteiger partial charge is 0.456 e. The Hall–Kier alpha value is -8.08. The molecule has 9 aromatic carbocycles. The van der Waals surface area contributed by atoms with Crippen LogP contribution >= 0.6 is 0 Å². The number of nitrogens with zero attached hydrogens (tertiary/aromatic N) is 2. The van der Waals surface area contributed by atoms with Gasteiger partial charge in [0.1, 0.15) is 17.0 Å². The van der Waals surface area contributed by atoms with Crippen molar-refractivity contribution < 1.29 is 4.42 Å². The summed E-state index contributed by atoms with van der Waals surface area (Å²) in [6.45, 7) is 2.15. The van der Waals surface area contributed by atoms with Gasteiger partial charge in [-0.25, -0.2) is 9.98 Å². The lowest BCUT2D eigenvalue weighted by Crippen LogP contribution is -2.46. The molecule has 0 fully saturated rings. The zero-order valence-electron chi connectivity index (χ0n) is 34.5. The van der Waals surface area contributed by atoms with Crippen LogP contribution in [-0.2, 0) is 11.1 Å². The number of aliphatic imine (C=N–C) groups is 2. The van der Waals surface area contributed by atoms with Gasteiger partial charge in [0.05, 0.1) is 5.41 Å². The van der Waals surface area contributed by atoms with Gasteiger partial charge in [0.15, 0.2) is 11.5 Å². The summed E-state index contributed by atoms with van der Waals surface area (Å²) >= 11 is 0. The molecular formula is C59H39N3O. The second kappa shape index (κ2) is 13.5. The monoisotopic (exact) mass is 805 g/mol. The molecule has 0 bridgehead atoms. The van der Waals surface area contributed by atoms with E-state index >= 15 is 0 Å². The lowest BCUT2D eigenvalue weighted by molar-refractivity contribution is 0.455. The number of fused-ring (bicyclic) bond motifs is 13. The van der Waals surface area contributed by atoms with Crippen molar-refractivity contribution >= 4 is 33.6 Å². The molecule has 296 valence electrons. The minimum absolute atomic E-state index is 0.504. The van der Waals surface area contributed by atoms with Crippen molar-refractivity contribution in [2.45, 2.75) is 18.0 Å². The van der Waals surface area contributed by atoms with E-state index in [1.165, 1.54) is 50.1 Å². The quantitative estimate of drug-likeness (QED) is 0.188. The molecule has 1 unspecified atom stereocenters. The van der Waals surface area contributed by atoms with E-state index in [9.17, 15) is 0 Å². The highest BCUT2D eigenvalue weighted by Gasteiger charge is 2.52. The van der Waals surface area contributed by atoms with Crippen LogP contribution in [0.25, 0.3) is 66.4 Å². The van der Waals surface area contributed by atoms with Crippen LogP contribution in [-0.4, -0.2) is 11.7 Å². The van der Waals surface area contributed by atoms with Gasteiger partial charge in [-0.3, -0.25) is 0 Å². The molecule has 3 aliphatic rings. The molecule has 1 atom stereocenters. The van der Waals surface area contributed by atoms with Gasteiger partial charge in [-0.15, -0.1) is 0 Å². The molecule has 4 nitrogen and oxygen atoms in total. The van der Waals surface area contributed by atoms with Crippen molar-refractivity contribution in [3.05, 3.63) is 251 Å². The summed E-state index contributed by atoms with van der Waals surface area (Å²) in [6, 6.07) is 76.3. The van der Waals surface area contributed by atoms with E-state index in [1.54, 1.807) is 0 Å². The third-order valence-corrected chi connectivity index (χ3v) is 13.6. The highest BCUT2D eigenvalue weighted by atomic mass is 16.3. The third-order valence-electron chi connectivity index (χ3n) is 13.6. The van der Waals surface area contributed by atoms with Crippen LogP contribution in [0.1, 0.15) is 45.9 Å². The summed E-state index contributed by atoms with van der Waals surface area (Å²) in [5.74, 6) is 1.42. The number of rotatable bonds is 5. The van der Waals surface area contributed by atoms with Gasteiger partial charge in [-0.05, 0) is 97.4 Å². The smallest absolute Gasteiger partial charge is 0.160 e. The summed E-state index contributed by atoms with van der Waals surface area (Å²) in [4.78, 5) is 11.0. The fraction of sp³-hybridized carbons (Fsp3) is 0.0508. The van der Waals surface area contributed by atoms with Crippen LogP contribution in [0.2, 0.25) is 0 Å². The van der Waals surface area contributed by atoms with Gasteiger partial charge >= 0.3 is 0 Å². The molecule has 1 aromatic heterocycles. The Kier molecular flexibility index (Phi) is 7.62. The predicted molar refractivity (Wildman–Crippen MR) is 257 cm³/mol. The number of hydrogen-bond donors (Lipinski definition) is 1. The Bertz CT molecular complexity index is 3510. The molecule has 2 aliphatic carbocycles. The van der Waals surface area contributed by atoms with Crippen molar-refractivity contribution in [2.24, 2.45) is 9.98 Å². The molecular weight excluding hydrogens is 767 g/mol. The molecule has 1 N–H and O–H groups in total. The predicted octanol–water partition coefficient (Wildman–Crippen LogP) is 13.9. The van der Waals surface area contributed by atoms with Gasteiger partial charge < -0.3 is 9.73 Å². The summed E-state index contributed by atoms with van der Waals surface area (Å²) < 4.78 is 6.38. The van der Waals surface area contributed by atoms with Gasteiger partial charge in [0.2, 0.25) is 0 Å². The van der Waals surface area contributed by atoms with Gasteiger partial charge in [-0.1, -0.05) is 194 Å². The fourth-order valence-corrected chi connectivity index (χ4v) is 10.9. The summed E-state index contributed by atoms with van der Waals surface area (Å²) in [7, 11) is 0.